The zero-order chi connectivity index (χ0) is 12.9. The molecule has 0 saturated heterocycles. The van der Waals surface area contributed by atoms with E-state index in [1.807, 2.05) is 0 Å². The number of hydrogen-bond donors (Lipinski definition) is 1. The highest BCUT2D eigenvalue weighted by atomic mass is 79.9. The molecule has 0 radical (unpaired) electrons. The second-order valence-corrected chi connectivity index (χ2v) is 5.57. The number of alkyl halides is 1. The van der Waals surface area contributed by atoms with Gasteiger partial charge in [0.2, 0.25) is 0 Å². The molecule has 1 N–H and O–H groups in total. The molecule has 0 spiro atoms. The molecule has 0 fully saturated rings. The molecule has 0 aliphatic rings. The summed E-state index contributed by atoms with van der Waals surface area (Å²) in [7, 11) is 0. The van der Waals surface area contributed by atoms with Crippen LogP contribution in [0.5, 0.6) is 0 Å². The van der Waals surface area contributed by atoms with E-state index in [2.05, 4.69) is 22.9 Å². The second-order valence-electron chi connectivity index (χ2n) is 4.78. The van der Waals surface area contributed by atoms with Crippen molar-refractivity contribution >= 4 is 21.9 Å². The predicted octanol–water partition coefficient (Wildman–Crippen LogP) is 5.00. The van der Waals surface area contributed by atoms with Gasteiger partial charge in [-0.15, -0.1) is 0 Å². The molecule has 0 saturated carbocycles. The molecule has 1 atom stereocenters. The molecule has 0 bridgehead atoms. The summed E-state index contributed by atoms with van der Waals surface area (Å²) in [6, 6.07) is 0. The van der Waals surface area contributed by atoms with Gasteiger partial charge in [-0.05, 0) is 19.3 Å². The van der Waals surface area contributed by atoms with E-state index in [9.17, 15) is 4.79 Å². The van der Waals surface area contributed by atoms with E-state index in [1.54, 1.807) is 0 Å². The molecular weight excluding hydrogens is 280 g/mol. The first-order valence-corrected chi connectivity index (χ1v) is 8.13. The van der Waals surface area contributed by atoms with Crippen LogP contribution in [-0.2, 0) is 4.79 Å². The molecule has 0 aliphatic heterocycles. The van der Waals surface area contributed by atoms with Gasteiger partial charge in [0, 0.05) is 5.33 Å². The molecule has 17 heavy (non-hydrogen) atoms. The van der Waals surface area contributed by atoms with Crippen molar-refractivity contribution in [3.05, 3.63) is 0 Å². The monoisotopic (exact) mass is 306 g/mol. The van der Waals surface area contributed by atoms with E-state index in [-0.39, 0.29) is 5.92 Å². The average Bonchev–Trinajstić information content (AvgIpc) is 2.31. The standard InChI is InChI=1S/C14H27BrO2/c1-2-3-4-5-6-7-10-13(14(16)17)11-8-9-12-15/h13H,2-12H2,1H3,(H,16,17). The Balaban J connectivity index is 3.52. The van der Waals surface area contributed by atoms with Crippen LogP contribution in [0.4, 0.5) is 0 Å². The first kappa shape index (κ1) is 16.9. The lowest BCUT2D eigenvalue weighted by molar-refractivity contribution is -0.142. The lowest BCUT2D eigenvalue weighted by Gasteiger charge is -2.11. The topological polar surface area (TPSA) is 37.3 Å². The molecule has 0 aliphatic carbocycles. The van der Waals surface area contributed by atoms with E-state index in [1.165, 1.54) is 32.1 Å². The van der Waals surface area contributed by atoms with Crippen molar-refractivity contribution in [1.82, 2.24) is 0 Å². The van der Waals surface area contributed by atoms with E-state index >= 15 is 0 Å². The van der Waals surface area contributed by atoms with Crippen LogP contribution in [0, 0.1) is 5.92 Å². The van der Waals surface area contributed by atoms with Crippen LogP contribution in [0.2, 0.25) is 0 Å². The van der Waals surface area contributed by atoms with Gasteiger partial charge in [0.15, 0.2) is 0 Å². The van der Waals surface area contributed by atoms with Gasteiger partial charge in [-0.25, -0.2) is 0 Å². The Labute approximate surface area is 114 Å². The van der Waals surface area contributed by atoms with Crippen molar-refractivity contribution in [1.29, 1.82) is 0 Å². The van der Waals surface area contributed by atoms with Crippen molar-refractivity contribution in [2.75, 3.05) is 5.33 Å². The summed E-state index contributed by atoms with van der Waals surface area (Å²) in [6.07, 6.45) is 11.2. The maximum absolute atomic E-state index is 11.0. The maximum atomic E-state index is 11.0. The van der Waals surface area contributed by atoms with Crippen LogP contribution in [0.25, 0.3) is 0 Å². The van der Waals surface area contributed by atoms with Crippen LogP contribution in [-0.4, -0.2) is 16.4 Å². The first-order valence-electron chi connectivity index (χ1n) is 7.01. The van der Waals surface area contributed by atoms with Crippen molar-refractivity contribution < 1.29 is 9.90 Å². The molecular formula is C14H27BrO2. The van der Waals surface area contributed by atoms with Crippen molar-refractivity contribution in [2.45, 2.75) is 71.1 Å². The third-order valence-corrected chi connectivity index (χ3v) is 3.75. The van der Waals surface area contributed by atoms with Crippen LogP contribution in [0.1, 0.15) is 71.1 Å². The fourth-order valence-electron chi connectivity index (χ4n) is 2.05. The van der Waals surface area contributed by atoms with Crippen molar-refractivity contribution in [3.63, 3.8) is 0 Å². The largest absolute Gasteiger partial charge is 0.481 e. The third-order valence-electron chi connectivity index (χ3n) is 3.19. The van der Waals surface area contributed by atoms with E-state index in [0.29, 0.717) is 0 Å². The van der Waals surface area contributed by atoms with Gasteiger partial charge in [-0.1, -0.05) is 67.8 Å². The summed E-state index contributed by atoms with van der Waals surface area (Å²) < 4.78 is 0. The molecule has 3 heteroatoms. The summed E-state index contributed by atoms with van der Waals surface area (Å²) in [5.41, 5.74) is 0. The Morgan fingerprint density at radius 3 is 2.06 bits per heavy atom. The normalized spacial score (nSPS) is 12.6. The Kier molecular flexibility index (Phi) is 12.4. The quantitative estimate of drug-likeness (QED) is 0.407. The molecule has 1 unspecified atom stereocenters. The van der Waals surface area contributed by atoms with E-state index in [0.717, 1.165) is 37.4 Å². The Morgan fingerprint density at radius 1 is 1.00 bits per heavy atom. The Morgan fingerprint density at radius 2 is 1.53 bits per heavy atom. The molecule has 0 aromatic rings. The highest BCUT2D eigenvalue weighted by Crippen LogP contribution is 2.18. The van der Waals surface area contributed by atoms with E-state index < -0.39 is 5.97 Å². The lowest BCUT2D eigenvalue weighted by Crippen LogP contribution is -2.13. The number of carboxylic acid groups (broad SMARTS) is 1. The molecule has 0 heterocycles. The van der Waals surface area contributed by atoms with Crippen LogP contribution in [0.3, 0.4) is 0 Å². The van der Waals surface area contributed by atoms with Gasteiger partial charge < -0.3 is 5.11 Å². The Hall–Kier alpha value is -0.0500. The van der Waals surface area contributed by atoms with Gasteiger partial charge in [-0.2, -0.15) is 0 Å². The van der Waals surface area contributed by atoms with Crippen molar-refractivity contribution in [2.24, 2.45) is 5.92 Å². The fourth-order valence-corrected chi connectivity index (χ4v) is 2.44. The number of carbonyl (C=O) groups is 1. The van der Waals surface area contributed by atoms with Gasteiger partial charge in [0.05, 0.1) is 5.92 Å². The van der Waals surface area contributed by atoms with Gasteiger partial charge >= 0.3 is 5.97 Å². The van der Waals surface area contributed by atoms with Gasteiger partial charge in [0.1, 0.15) is 0 Å². The minimum Gasteiger partial charge on any atom is -0.481 e. The highest BCUT2D eigenvalue weighted by Gasteiger charge is 2.15. The first-order chi connectivity index (χ1) is 8.22. The molecule has 102 valence electrons. The minimum atomic E-state index is -0.604. The van der Waals surface area contributed by atoms with Crippen molar-refractivity contribution in [3.8, 4) is 0 Å². The second kappa shape index (κ2) is 12.4. The molecule has 0 aromatic heterocycles. The zero-order valence-electron chi connectivity index (χ0n) is 11.1. The fraction of sp³-hybridized carbons (Fsp3) is 0.929. The highest BCUT2D eigenvalue weighted by molar-refractivity contribution is 9.09. The number of halogens is 1. The maximum Gasteiger partial charge on any atom is 0.306 e. The average molecular weight is 307 g/mol. The summed E-state index contributed by atoms with van der Waals surface area (Å²) in [6.45, 7) is 2.21. The summed E-state index contributed by atoms with van der Waals surface area (Å²) in [5.74, 6) is -0.714. The van der Waals surface area contributed by atoms with Gasteiger partial charge in [-0.3, -0.25) is 4.79 Å². The zero-order valence-corrected chi connectivity index (χ0v) is 12.7. The smallest absolute Gasteiger partial charge is 0.306 e. The summed E-state index contributed by atoms with van der Waals surface area (Å²) in [5, 5.41) is 10.1. The van der Waals surface area contributed by atoms with Gasteiger partial charge in [0.25, 0.3) is 0 Å². The molecule has 0 aromatic carbocycles. The molecule has 0 amide bonds. The summed E-state index contributed by atoms with van der Waals surface area (Å²) in [4.78, 5) is 11.0. The number of hydrogen-bond acceptors (Lipinski definition) is 1. The lowest BCUT2D eigenvalue weighted by atomic mass is 9.95. The predicted molar refractivity (Wildman–Crippen MR) is 76.8 cm³/mol. The molecule has 0 rings (SSSR count). The van der Waals surface area contributed by atoms with Crippen LogP contribution < -0.4 is 0 Å². The van der Waals surface area contributed by atoms with E-state index in [4.69, 9.17) is 5.11 Å². The SMILES string of the molecule is CCCCCCCCC(CCCCBr)C(=O)O. The Bertz CT molecular complexity index is 183. The van der Waals surface area contributed by atoms with Crippen LogP contribution >= 0.6 is 15.9 Å². The van der Waals surface area contributed by atoms with Crippen LogP contribution in [0.15, 0.2) is 0 Å². The number of rotatable bonds is 12. The third kappa shape index (κ3) is 10.8. The number of aliphatic carboxylic acids is 1. The minimum absolute atomic E-state index is 0.111. The number of unbranched alkanes of at least 4 members (excludes halogenated alkanes) is 6. The molecule has 2 nitrogen and oxygen atoms in total. The summed E-state index contributed by atoms with van der Waals surface area (Å²) >= 11 is 3.38. The number of carboxylic acids is 1.